The number of aromatic hydroxyl groups is 1. The van der Waals surface area contributed by atoms with E-state index in [0.29, 0.717) is 5.56 Å². The van der Waals surface area contributed by atoms with Crippen molar-refractivity contribution in [1.29, 1.82) is 0 Å². The summed E-state index contributed by atoms with van der Waals surface area (Å²) in [5.41, 5.74) is -4.59. The van der Waals surface area contributed by atoms with Gasteiger partial charge in [0.25, 0.3) is 0 Å². The molecule has 0 spiro atoms. The van der Waals surface area contributed by atoms with Crippen molar-refractivity contribution in [2.24, 2.45) is 5.92 Å². The van der Waals surface area contributed by atoms with Gasteiger partial charge < -0.3 is 65.6 Å². The van der Waals surface area contributed by atoms with Gasteiger partial charge in [0, 0.05) is 0 Å². The highest BCUT2D eigenvalue weighted by molar-refractivity contribution is 6.39. The van der Waals surface area contributed by atoms with E-state index in [9.17, 15) is 70.6 Å². The largest absolute Gasteiger partial charge is 0.508 e. The molecule has 0 radical (unpaired) electrons. The summed E-state index contributed by atoms with van der Waals surface area (Å²) in [5, 5.41) is 114. The Morgan fingerprint density at radius 1 is 0.953 bits per heavy atom. The second-order valence-corrected chi connectivity index (χ2v) is 10.6. The van der Waals surface area contributed by atoms with E-state index in [1.54, 1.807) is 0 Å². The molecular weight excluding hydrogens is 580 g/mol. The third-order valence-electron chi connectivity index (χ3n) is 7.87. The first kappa shape index (κ1) is 32.8. The number of benzene rings is 1. The summed E-state index contributed by atoms with van der Waals surface area (Å²) in [7, 11) is 0. The van der Waals surface area contributed by atoms with Crippen LogP contribution in [0, 0.1) is 5.92 Å². The summed E-state index contributed by atoms with van der Waals surface area (Å²) in [5.74, 6) is -8.99. The second kappa shape index (κ2) is 12.5. The lowest BCUT2D eigenvalue weighted by molar-refractivity contribution is -0.263. The molecule has 2 saturated heterocycles. The van der Waals surface area contributed by atoms with Crippen LogP contribution in [0.3, 0.4) is 0 Å². The van der Waals surface area contributed by atoms with Gasteiger partial charge in [0.15, 0.2) is 11.6 Å². The number of rotatable bonds is 6. The van der Waals surface area contributed by atoms with Crippen LogP contribution in [0.25, 0.3) is 6.08 Å². The average molecular weight is 613 g/mol. The van der Waals surface area contributed by atoms with Gasteiger partial charge in [-0.1, -0.05) is 18.2 Å². The molecule has 1 aromatic rings. The summed E-state index contributed by atoms with van der Waals surface area (Å²) >= 11 is 0. The van der Waals surface area contributed by atoms with E-state index in [1.807, 2.05) is 0 Å². The molecule has 4 rings (SSSR count). The van der Waals surface area contributed by atoms with Crippen molar-refractivity contribution >= 4 is 23.4 Å². The molecule has 2 aliphatic heterocycles. The fourth-order valence-corrected chi connectivity index (χ4v) is 5.36. The van der Waals surface area contributed by atoms with Crippen LogP contribution in [0.15, 0.2) is 41.7 Å². The third-order valence-corrected chi connectivity index (χ3v) is 7.87. The lowest BCUT2D eigenvalue weighted by Crippen LogP contribution is -2.74. The lowest BCUT2D eigenvalue weighted by atomic mass is 9.65. The van der Waals surface area contributed by atoms with Gasteiger partial charge in [-0.05, 0) is 23.8 Å². The standard InChI is InChI=1S/C27H32O16/c28-7-13-17(33)20(36)22(38)26(43-13)27(41)24(39)14(11(30)6-3-9-1-4-10(29)5-2-9)18(34)15(25(27)40)19(35)23-21(37)16(32)12(31)8-42-23/h1-6,12-13,15-17,19-23,26,28-33,35-38,41H,7-8H2/t12-,13-,15+,16-,17-,19+,20+,21+,22-,23+,26+,27+/m1/s1. The number of ether oxygens (including phenoxy) is 2. The average Bonchev–Trinajstić information content (AvgIpc) is 2.97. The highest BCUT2D eigenvalue weighted by Gasteiger charge is 2.67. The van der Waals surface area contributed by atoms with E-state index in [1.165, 1.54) is 30.3 Å². The van der Waals surface area contributed by atoms with Gasteiger partial charge in [0.1, 0.15) is 84.0 Å². The Morgan fingerprint density at radius 3 is 2.19 bits per heavy atom. The van der Waals surface area contributed by atoms with Crippen LogP contribution < -0.4 is 0 Å². The quantitative estimate of drug-likeness (QED) is 0.0620. The van der Waals surface area contributed by atoms with Gasteiger partial charge in [0.2, 0.25) is 11.4 Å². The minimum Gasteiger partial charge on any atom is -0.508 e. The smallest absolute Gasteiger partial charge is 0.216 e. The maximum absolute atomic E-state index is 13.8. The zero-order chi connectivity index (χ0) is 32.0. The zero-order valence-electron chi connectivity index (χ0n) is 22.2. The Balaban J connectivity index is 1.84. The SMILES string of the molecule is O=C1C(=C(O)C=Cc2ccc(O)cc2)C(=O)[C@@](O)([C@H]2O[C@H](CO)[C@@H](O)[C@H](O)[C@H]2O)C(=O)[C@@H]1[C@H](O)[C@@H]1OC[C@@H](O)[C@@H](O)[C@@H]1O. The van der Waals surface area contributed by atoms with Crippen molar-refractivity contribution < 1.29 is 80.0 Å². The van der Waals surface area contributed by atoms with Crippen LogP contribution in [0.2, 0.25) is 0 Å². The van der Waals surface area contributed by atoms with Crippen molar-refractivity contribution in [1.82, 2.24) is 0 Å². The van der Waals surface area contributed by atoms with Gasteiger partial charge in [-0.2, -0.15) is 0 Å². The topological polar surface area (TPSA) is 292 Å². The molecular formula is C27H32O16. The van der Waals surface area contributed by atoms with Crippen molar-refractivity contribution in [3.8, 4) is 5.75 Å². The first-order chi connectivity index (χ1) is 20.2. The Bertz CT molecular complexity index is 1290. The summed E-state index contributed by atoms with van der Waals surface area (Å²) < 4.78 is 10.4. The number of carbonyl (C=O) groups excluding carboxylic acids is 3. The summed E-state index contributed by atoms with van der Waals surface area (Å²) in [4.78, 5) is 41.0. The van der Waals surface area contributed by atoms with Crippen LogP contribution >= 0.6 is 0 Å². The molecule has 1 aliphatic carbocycles. The Hall–Kier alpha value is -3.13. The number of phenols is 1. The maximum Gasteiger partial charge on any atom is 0.216 e. The number of aliphatic hydroxyl groups excluding tert-OH is 9. The highest BCUT2D eigenvalue weighted by Crippen LogP contribution is 2.40. The first-order valence-electron chi connectivity index (χ1n) is 13.1. The zero-order valence-corrected chi connectivity index (χ0v) is 22.2. The summed E-state index contributed by atoms with van der Waals surface area (Å²) in [6, 6.07) is 5.33. The van der Waals surface area contributed by atoms with Crippen LogP contribution in [0.4, 0.5) is 0 Å². The molecule has 3 aliphatic rings. The number of ketones is 3. The van der Waals surface area contributed by atoms with Gasteiger partial charge in [-0.15, -0.1) is 0 Å². The molecule has 0 amide bonds. The second-order valence-electron chi connectivity index (χ2n) is 10.6. The molecule has 236 valence electrons. The molecule has 0 aromatic heterocycles. The third kappa shape index (κ3) is 5.63. The molecule has 0 unspecified atom stereocenters. The maximum atomic E-state index is 13.8. The van der Waals surface area contributed by atoms with Crippen molar-refractivity contribution in [3.05, 3.63) is 47.2 Å². The van der Waals surface area contributed by atoms with E-state index in [-0.39, 0.29) is 5.75 Å². The molecule has 43 heavy (non-hydrogen) atoms. The Kier molecular flexibility index (Phi) is 9.50. The molecule has 2 heterocycles. The monoisotopic (exact) mass is 612 g/mol. The molecule has 0 bridgehead atoms. The van der Waals surface area contributed by atoms with Crippen molar-refractivity contribution in [2.75, 3.05) is 13.2 Å². The predicted octanol–water partition coefficient (Wildman–Crippen LogP) is -5.03. The molecule has 16 heteroatoms. The van der Waals surface area contributed by atoms with E-state index in [2.05, 4.69) is 0 Å². The number of Topliss-reactive ketones (excluding diaryl/α,β-unsaturated/α-hetero) is 3. The number of phenolic OH excluding ortho intramolecular Hbond substituents is 1. The van der Waals surface area contributed by atoms with Crippen LogP contribution in [0.5, 0.6) is 5.75 Å². The van der Waals surface area contributed by atoms with Crippen molar-refractivity contribution in [2.45, 2.75) is 66.6 Å². The molecule has 12 atom stereocenters. The van der Waals surface area contributed by atoms with E-state index in [0.717, 1.165) is 6.08 Å². The molecule has 1 aromatic carbocycles. The summed E-state index contributed by atoms with van der Waals surface area (Å²) in [6.45, 7) is -1.70. The predicted molar refractivity (Wildman–Crippen MR) is 138 cm³/mol. The number of carbonyl (C=O) groups is 3. The van der Waals surface area contributed by atoms with Crippen LogP contribution in [-0.4, -0.2) is 153 Å². The molecule has 16 nitrogen and oxygen atoms in total. The molecule has 3 fully saturated rings. The van der Waals surface area contributed by atoms with E-state index >= 15 is 0 Å². The number of hydrogen-bond donors (Lipinski definition) is 11. The molecule has 1 saturated carbocycles. The number of hydrogen-bond acceptors (Lipinski definition) is 16. The van der Waals surface area contributed by atoms with E-state index < -0.39 is 114 Å². The normalized spacial score (nSPS) is 41.0. The Labute approximate surface area is 242 Å². The lowest BCUT2D eigenvalue weighted by Gasteiger charge is -2.48. The minimum atomic E-state index is -3.65. The highest BCUT2D eigenvalue weighted by atomic mass is 16.6. The van der Waals surface area contributed by atoms with Crippen LogP contribution in [-0.2, 0) is 23.9 Å². The van der Waals surface area contributed by atoms with Gasteiger partial charge in [-0.25, -0.2) is 0 Å². The van der Waals surface area contributed by atoms with Gasteiger partial charge in [0.05, 0.1) is 13.2 Å². The fourth-order valence-electron chi connectivity index (χ4n) is 5.36. The number of aliphatic hydroxyl groups is 10. The van der Waals surface area contributed by atoms with Crippen LogP contribution in [0.1, 0.15) is 5.56 Å². The minimum absolute atomic E-state index is 0.0953. The van der Waals surface area contributed by atoms with E-state index in [4.69, 9.17) is 9.47 Å². The summed E-state index contributed by atoms with van der Waals surface area (Å²) in [6.07, 6.45) is -18.8. The van der Waals surface area contributed by atoms with Gasteiger partial charge in [-0.3, -0.25) is 14.4 Å². The first-order valence-corrected chi connectivity index (χ1v) is 13.1. The Morgan fingerprint density at radius 2 is 1.58 bits per heavy atom. The molecule has 11 N–H and O–H groups in total. The number of allylic oxidation sites excluding steroid dienone is 1. The van der Waals surface area contributed by atoms with Crippen molar-refractivity contribution in [3.63, 3.8) is 0 Å². The van der Waals surface area contributed by atoms with Gasteiger partial charge >= 0.3 is 0 Å². The fraction of sp³-hybridized carbons (Fsp3) is 0.519.